The largest absolute Gasteiger partial charge is 0.376 e. The van der Waals surface area contributed by atoms with Gasteiger partial charge in [0.15, 0.2) is 0 Å². The average molecular weight is 318 g/mol. The zero-order valence-electron chi connectivity index (χ0n) is 11.7. The molecule has 0 bridgehead atoms. The van der Waals surface area contributed by atoms with Gasteiger partial charge >= 0.3 is 0 Å². The fraction of sp³-hybridized carbons (Fsp3) is 0.188. The van der Waals surface area contributed by atoms with Crippen LogP contribution in [0.3, 0.4) is 0 Å². The number of hydrogen-bond acceptors (Lipinski definition) is 3. The van der Waals surface area contributed by atoms with Gasteiger partial charge in [-0.2, -0.15) is 0 Å². The Morgan fingerprint density at radius 3 is 2.90 bits per heavy atom. The molecule has 0 amide bonds. The van der Waals surface area contributed by atoms with Crippen molar-refractivity contribution in [2.45, 2.75) is 19.4 Å². The van der Waals surface area contributed by atoms with Gasteiger partial charge < -0.3 is 9.88 Å². The maximum atomic E-state index is 6.39. The molecule has 3 nitrogen and oxygen atoms in total. The number of hydrogen-bond donors (Lipinski definition) is 1. The number of nitrogens with zero attached hydrogens (tertiary/aromatic N) is 2. The molecule has 0 spiro atoms. The Hall–Kier alpha value is -1.78. The molecule has 3 aromatic rings. The molecule has 0 aliphatic heterocycles. The molecular weight excluding hydrogens is 302 g/mol. The third-order valence-electron chi connectivity index (χ3n) is 3.37. The molecule has 1 aromatic carbocycles. The minimum absolute atomic E-state index is 0.283. The van der Waals surface area contributed by atoms with Gasteiger partial charge in [-0.3, -0.25) is 0 Å². The second-order valence-corrected chi connectivity index (χ2v) is 6.11. The van der Waals surface area contributed by atoms with Gasteiger partial charge in [0.2, 0.25) is 0 Å². The number of benzene rings is 1. The number of thiophene rings is 1. The van der Waals surface area contributed by atoms with Gasteiger partial charge in [-0.05, 0) is 30.0 Å². The van der Waals surface area contributed by atoms with Gasteiger partial charge in [-0.15, -0.1) is 11.3 Å². The lowest BCUT2D eigenvalue weighted by atomic mass is 10.1. The molecule has 108 valence electrons. The van der Waals surface area contributed by atoms with Crippen molar-refractivity contribution in [3.63, 3.8) is 0 Å². The second kappa shape index (κ2) is 6.33. The summed E-state index contributed by atoms with van der Waals surface area (Å²) in [4.78, 5) is 5.44. The predicted octanol–water partition coefficient (Wildman–Crippen LogP) is 5.15. The Kier molecular flexibility index (Phi) is 4.27. The van der Waals surface area contributed by atoms with Crippen molar-refractivity contribution < 1.29 is 0 Å². The van der Waals surface area contributed by atoms with E-state index in [1.54, 1.807) is 23.9 Å². The highest BCUT2D eigenvalue weighted by Crippen LogP contribution is 2.33. The number of aromatic nitrogens is 2. The van der Waals surface area contributed by atoms with E-state index in [1.165, 1.54) is 4.88 Å². The van der Waals surface area contributed by atoms with Crippen molar-refractivity contribution in [3.05, 3.63) is 64.3 Å². The van der Waals surface area contributed by atoms with Gasteiger partial charge in [0, 0.05) is 17.3 Å². The lowest BCUT2D eigenvalue weighted by Gasteiger charge is -2.20. The van der Waals surface area contributed by atoms with E-state index in [0.717, 1.165) is 17.8 Å². The van der Waals surface area contributed by atoms with Gasteiger partial charge in [-0.1, -0.05) is 30.7 Å². The van der Waals surface area contributed by atoms with Gasteiger partial charge in [-0.25, -0.2) is 4.98 Å². The molecule has 3 rings (SSSR count). The first-order valence-electron chi connectivity index (χ1n) is 6.86. The normalized spacial score (nSPS) is 12.3. The SMILES string of the molecule is CCC(Nc1cccc(Cl)c1-n1ccnc1)c1cccs1. The maximum Gasteiger partial charge on any atom is 0.0992 e. The summed E-state index contributed by atoms with van der Waals surface area (Å²) >= 11 is 8.15. The molecule has 2 heterocycles. The zero-order chi connectivity index (χ0) is 14.7. The second-order valence-electron chi connectivity index (χ2n) is 4.73. The Morgan fingerprint density at radius 1 is 1.33 bits per heavy atom. The summed E-state index contributed by atoms with van der Waals surface area (Å²) in [5, 5.41) is 6.42. The van der Waals surface area contributed by atoms with Crippen LogP contribution in [0.25, 0.3) is 5.69 Å². The quantitative estimate of drug-likeness (QED) is 0.705. The van der Waals surface area contributed by atoms with Crippen molar-refractivity contribution in [2.75, 3.05) is 5.32 Å². The molecule has 1 atom stereocenters. The predicted molar refractivity (Wildman–Crippen MR) is 89.5 cm³/mol. The highest BCUT2D eigenvalue weighted by Gasteiger charge is 2.14. The van der Waals surface area contributed by atoms with Crippen LogP contribution in [0, 0.1) is 0 Å². The summed E-state index contributed by atoms with van der Waals surface area (Å²) in [5.41, 5.74) is 1.95. The topological polar surface area (TPSA) is 29.9 Å². The lowest BCUT2D eigenvalue weighted by molar-refractivity contribution is 0.762. The molecule has 21 heavy (non-hydrogen) atoms. The first-order valence-corrected chi connectivity index (χ1v) is 8.12. The minimum atomic E-state index is 0.283. The molecule has 0 saturated carbocycles. The van der Waals surface area contributed by atoms with Crippen LogP contribution < -0.4 is 5.32 Å². The molecule has 5 heteroatoms. The molecule has 0 aliphatic carbocycles. The summed E-state index contributed by atoms with van der Waals surface area (Å²) in [6.07, 6.45) is 6.43. The van der Waals surface area contributed by atoms with Crippen LogP contribution in [0.4, 0.5) is 5.69 Å². The number of nitrogens with one attached hydrogen (secondary N) is 1. The highest BCUT2D eigenvalue weighted by molar-refractivity contribution is 7.10. The van der Waals surface area contributed by atoms with E-state index in [-0.39, 0.29) is 6.04 Å². The van der Waals surface area contributed by atoms with Crippen LogP contribution in [0.1, 0.15) is 24.3 Å². The molecule has 0 aliphatic rings. The van der Waals surface area contributed by atoms with E-state index >= 15 is 0 Å². The molecule has 0 saturated heterocycles. The summed E-state index contributed by atoms with van der Waals surface area (Å²) in [6.45, 7) is 2.18. The van der Waals surface area contributed by atoms with Gasteiger partial charge in [0.1, 0.15) is 0 Å². The molecule has 2 aromatic heterocycles. The van der Waals surface area contributed by atoms with Crippen molar-refractivity contribution in [2.24, 2.45) is 0 Å². The van der Waals surface area contributed by atoms with E-state index in [9.17, 15) is 0 Å². The maximum absolute atomic E-state index is 6.39. The van der Waals surface area contributed by atoms with Gasteiger partial charge in [0.05, 0.1) is 28.8 Å². The highest BCUT2D eigenvalue weighted by atomic mass is 35.5. The van der Waals surface area contributed by atoms with E-state index in [2.05, 4.69) is 40.8 Å². The Labute approximate surface area is 133 Å². The molecule has 1 unspecified atom stereocenters. The Bertz CT molecular complexity index is 692. The summed E-state index contributed by atoms with van der Waals surface area (Å²) in [7, 11) is 0. The lowest BCUT2D eigenvalue weighted by Crippen LogP contribution is -2.10. The molecule has 0 radical (unpaired) electrons. The van der Waals surface area contributed by atoms with E-state index in [0.29, 0.717) is 5.02 Å². The molecular formula is C16H16ClN3S. The number of para-hydroxylation sites is 1. The van der Waals surface area contributed by atoms with Crippen molar-refractivity contribution >= 4 is 28.6 Å². The fourth-order valence-electron chi connectivity index (χ4n) is 2.34. The smallest absolute Gasteiger partial charge is 0.0992 e. The summed E-state index contributed by atoms with van der Waals surface area (Å²) < 4.78 is 1.94. The van der Waals surface area contributed by atoms with E-state index in [4.69, 9.17) is 11.6 Å². The summed E-state index contributed by atoms with van der Waals surface area (Å²) in [5.74, 6) is 0. The number of halogens is 1. The fourth-order valence-corrected chi connectivity index (χ4v) is 3.47. The van der Waals surface area contributed by atoms with Crippen LogP contribution in [0.5, 0.6) is 0 Å². The summed E-state index contributed by atoms with van der Waals surface area (Å²) in [6, 6.07) is 10.4. The van der Waals surface area contributed by atoms with Crippen LogP contribution >= 0.6 is 22.9 Å². The van der Waals surface area contributed by atoms with Crippen LogP contribution in [-0.4, -0.2) is 9.55 Å². The number of rotatable bonds is 5. The first kappa shape index (κ1) is 14.2. The van der Waals surface area contributed by atoms with Crippen molar-refractivity contribution in [1.29, 1.82) is 0 Å². The average Bonchev–Trinajstić information content (AvgIpc) is 3.18. The van der Waals surface area contributed by atoms with Crippen molar-refractivity contribution in [1.82, 2.24) is 9.55 Å². The molecule has 0 fully saturated rings. The third-order valence-corrected chi connectivity index (χ3v) is 4.66. The first-order chi connectivity index (χ1) is 10.3. The number of imidazole rings is 1. The van der Waals surface area contributed by atoms with Crippen LogP contribution in [0.15, 0.2) is 54.4 Å². The van der Waals surface area contributed by atoms with E-state index < -0.39 is 0 Å². The van der Waals surface area contributed by atoms with E-state index in [1.807, 2.05) is 22.9 Å². The Morgan fingerprint density at radius 2 is 2.24 bits per heavy atom. The van der Waals surface area contributed by atoms with Crippen LogP contribution in [0.2, 0.25) is 5.02 Å². The van der Waals surface area contributed by atoms with Gasteiger partial charge in [0.25, 0.3) is 0 Å². The van der Waals surface area contributed by atoms with Crippen LogP contribution in [-0.2, 0) is 0 Å². The standard InChI is InChI=1S/C16H16ClN3S/c1-2-13(15-7-4-10-21-15)19-14-6-3-5-12(17)16(14)20-9-8-18-11-20/h3-11,13,19H,2H2,1H3. The third kappa shape index (κ3) is 2.96. The number of anilines is 1. The Balaban J connectivity index is 1.97. The molecule has 1 N–H and O–H groups in total. The zero-order valence-corrected chi connectivity index (χ0v) is 13.2. The monoisotopic (exact) mass is 317 g/mol. The van der Waals surface area contributed by atoms with Crippen molar-refractivity contribution in [3.8, 4) is 5.69 Å². The minimum Gasteiger partial charge on any atom is -0.376 e.